The lowest BCUT2D eigenvalue weighted by Gasteiger charge is -2.31. The molecule has 4 nitrogen and oxygen atoms in total. The predicted molar refractivity (Wildman–Crippen MR) is 310 cm³/mol. The Morgan fingerprint density at radius 2 is 1.04 bits per heavy atom. The summed E-state index contributed by atoms with van der Waals surface area (Å²) in [4.78, 5) is 4.86. The predicted octanol–water partition coefficient (Wildman–Crippen LogP) is 20.9. The van der Waals surface area contributed by atoms with Crippen molar-refractivity contribution >= 4 is 106 Å². The molecule has 0 saturated heterocycles. The Kier molecular flexibility index (Phi) is 13.9. The van der Waals surface area contributed by atoms with Crippen molar-refractivity contribution in [1.29, 1.82) is 0 Å². The van der Waals surface area contributed by atoms with Crippen molar-refractivity contribution in [3.8, 4) is 0 Å². The largest absolute Gasteiger partial charge is 0.454 e. The lowest BCUT2D eigenvalue weighted by Crippen LogP contribution is -2.13. The van der Waals surface area contributed by atoms with E-state index in [1.807, 2.05) is 13.8 Å². The average molecular weight is 933 g/mol. The van der Waals surface area contributed by atoms with Gasteiger partial charge >= 0.3 is 0 Å². The zero-order chi connectivity index (χ0) is 50.1. The second kappa shape index (κ2) is 20.4. The van der Waals surface area contributed by atoms with Crippen LogP contribution in [-0.4, -0.2) is 0 Å². The molecule has 10 rings (SSSR count). The van der Waals surface area contributed by atoms with Crippen LogP contribution in [0.25, 0.3) is 72.2 Å². The maximum absolute atomic E-state index is 7.09. The van der Waals surface area contributed by atoms with E-state index in [-0.39, 0.29) is 5.92 Å². The third-order valence-electron chi connectivity index (χ3n) is 14.1. The van der Waals surface area contributed by atoms with Gasteiger partial charge in [-0.25, -0.2) is 0 Å². The smallest absolute Gasteiger partial charge is 0.159 e. The summed E-state index contributed by atoms with van der Waals surface area (Å²) in [6.45, 7) is 28.5. The molecule has 0 bridgehead atoms. The second-order valence-electron chi connectivity index (χ2n) is 18.9. The third kappa shape index (κ3) is 8.33. The molecule has 71 heavy (non-hydrogen) atoms. The summed E-state index contributed by atoms with van der Waals surface area (Å²) in [6.07, 6.45) is 10.5. The maximum atomic E-state index is 7.09. The molecule has 0 unspecified atom stereocenters. The summed E-state index contributed by atoms with van der Waals surface area (Å²) >= 11 is 0. The van der Waals surface area contributed by atoms with Crippen molar-refractivity contribution < 1.29 is 8.83 Å². The number of furan rings is 2. The Morgan fingerprint density at radius 3 is 1.62 bits per heavy atom. The minimum Gasteiger partial charge on any atom is -0.454 e. The van der Waals surface area contributed by atoms with Crippen LogP contribution in [0, 0.1) is 12.8 Å². The van der Waals surface area contributed by atoms with Gasteiger partial charge in [-0.2, -0.15) is 0 Å². The molecule has 2 aromatic heterocycles. The van der Waals surface area contributed by atoms with E-state index < -0.39 is 0 Å². The lowest BCUT2D eigenvalue weighted by atomic mass is 9.86. The molecule has 8 aromatic carbocycles. The molecule has 10 aromatic rings. The molecule has 0 N–H and O–H groups in total. The van der Waals surface area contributed by atoms with E-state index in [1.165, 1.54) is 43.8 Å². The van der Waals surface area contributed by atoms with Gasteiger partial charge in [0.25, 0.3) is 0 Å². The number of para-hydroxylation sites is 5. The minimum absolute atomic E-state index is 0.219. The topological polar surface area (TPSA) is 32.8 Å². The Balaban J connectivity index is 0.00000308. The van der Waals surface area contributed by atoms with Gasteiger partial charge in [-0.05, 0) is 138 Å². The van der Waals surface area contributed by atoms with Crippen molar-refractivity contribution in [3.63, 3.8) is 0 Å². The molecule has 0 atom stereocenters. The van der Waals surface area contributed by atoms with Gasteiger partial charge in [0.15, 0.2) is 11.2 Å². The van der Waals surface area contributed by atoms with Gasteiger partial charge in [0.1, 0.15) is 11.3 Å². The molecule has 0 radical (unpaired) electrons. The molecule has 2 heterocycles. The van der Waals surface area contributed by atoms with Crippen molar-refractivity contribution in [2.45, 2.75) is 94.9 Å². The number of hydrogen-bond acceptors (Lipinski definition) is 4. The molecule has 0 saturated carbocycles. The van der Waals surface area contributed by atoms with E-state index in [2.05, 4.69) is 243 Å². The van der Waals surface area contributed by atoms with E-state index in [4.69, 9.17) is 8.83 Å². The van der Waals surface area contributed by atoms with Crippen LogP contribution >= 0.6 is 0 Å². The standard InChI is InChI=1S/C65H62N2O2.C2H6/c1-11-24-50-52-32-22-34-56(64(52)68-62(50)42(9)40(5)6)66(46-26-17-15-18-27-46)58-38-44(13-3)43(10)60-55(58)37-36-49-45(14-4)39-59(54(25-12-2)61(49)60)67(47-28-19-16-20-29-47)57-35-23-33-53-51-31-21-30-48(41(7)8)63(51)69-65(53)57;1-2/h11-12,15-41H,9,13-14H2,1-8,10H3;1-2H3/b24-11-,25-12-;. The van der Waals surface area contributed by atoms with Crippen LogP contribution < -0.4 is 9.80 Å². The highest BCUT2D eigenvalue weighted by Crippen LogP contribution is 2.51. The van der Waals surface area contributed by atoms with Gasteiger partial charge in [0, 0.05) is 44.0 Å². The molecule has 0 spiro atoms. The molecule has 0 aliphatic heterocycles. The number of benzene rings is 8. The monoisotopic (exact) mass is 933 g/mol. The summed E-state index contributed by atoms with van der Waals surface area (Å²) in [5.41, 5.74) is 17.3. The van der Waals surface area contributed by atoms with Gasteiger partial charge < -0.3 is 18.6 Å². The van der Waals surface area contributed by atoms with Gasteiger partial charge in [0.05, 0.1) is 22.7 Å². The first-order chi connectivity index (χ1) is 34.6. The number of anilines is 6. The number of allylic oxidation sites excluding steroid dienone is 3. The fraction of sp³-hybridized carbons (Fsp3) is 0.224. The molecule has 0 amide bonds. The van der Waals surface area contributed by atoms with Crippen LogP contribution in [0.1, 0.15) is 114 Å². The molecule has 4 heteroatoms. The quantitative estimate of drug-likeness (QED) is 0.108. The maximum Gasteiger partial charge on any atom is 0.159 e. The molecule has 0 fully saturated rings. The first kappa shape index (κ1) is 48.5. The fourth-order valence-corrected chi connectivity index (χ4v) is 10.6. The van der Waals surface area contributed by atoms with E-state index in [1.54, 1.807) is 0 Å². The number of rotatable bonds is 13. The second-order valence-corrected chi connectivity index (χ2v) is 18.9. The summed E-state index contributed by atoms with van der Waals surface area (Å²) in [5.74, 6) is 1.37. The highest BCUT2D eigenvalue weighted by Gasteiger charge is 2.28. The highest BCUT2D eigenvalue weighted by molar-refractivity contribution is 6.21. The van der Waals surface area contributed by atoms with Crippen LogP contribution in [0.4, 0.5) is 34.1 Å². The van der Waals surface area contributed by atoms with Gasteiger partial charge in [-0.1, -0.05) is 177 Å². The minimum atomic E-state index is 0.219. The van der Waals surface area contributed by atoms with E-state index in [0.29, 0.717) is 5.92 Å². The molecular formula is C67H68N2O2. The van der Waals surface area contributed by atoms with Gasteiger partial charge in [0.2, 0.25) is 0 Å². The Morgan fingerprint density at radius 1 is 0.521 bits per heavy atom. The zero-order valence-corrected chi connectivity index (χ0v) is 43.6. The Labute approximate surface area is 421 Å². The molecule has 0 aliphatic carbocycles. The van der Waals surface area contributed by atoms with E-state index in [0.717, 1.165) is 102 Å². The first-order valence-electron chi connectivity index (χ1n) is 25.8. The number of hydrogen-bond donors (Lipinski definition) is 0. The van der Waals surface area contributed by atoms with Crippen LogP contribution in [0.2, 0.25) is 0 Å². The van der Waals surface area contributed by atoms with Crippen molar-refractivity contribution in [2.24, 2.45) is 5.92 Å². The van der Waals surface area contributed by atoms with Gasteiger partial charge in [-0.15, -0.1) is 0 Å². The van der Waals surface area contributed by atoms with Crippen molar-refractivity contribution in [3.05, 3.63) is 197 Å². The van der Waals surface area contributed by atoms with Gasteiger partial charge in [-0.3, -0.25) is 0 Å². The van der Waals surface area contributed by atoms with Crippen LogP contribution in [0.5, 0.6) is 0 Å². The average Bonchev–Trinajstić information content (AvgIpc) is 3.97. The zero-order valence-electron chi connectivity index (χ0n) is 43.6. The number of nitrogens with zero attached hydrogens (tertiary/aromatic N) is 2. The normalized spacial score (nSPS) is 11.9. The first-order valence-corrected chi connectivity index (χ1v) is 25.8. The number of aryl methyl sites for hydroxylation is 3. The highest BCUT2D eigenvalue weighted by atomic mass is 16.3. The summed E-state index contributed by atoms with van der Waals surface area (Å²) < 4.78 is 14.1. The Hall–Kier alpha value is -7.56. The Bertz CT molecular complexity index is 3640. The lowest BCUT2D eigenvalue weighted by molar-refractivity contribution is 0.588. The van der Waals surface area contributed by atoms with E-state index >= 15 is 0 Å². The van der Waals surface area contributed by atoms with E-state index in [9.17, 15) is 0 Å². The van der Waals surface area contributed by atoms with Crippen LogP contribution in [0.3, 0.4) is 0 Å². The van der Waals surface area contributed by atoms with Crippen molar-refractivity contribution in [1.82, 2.24) is 0 Å². The summed E-state index contributed by atoms with van der Waals surface area (Å²) in [5, 5.41) is 8.23. The SMILES string of the molecule is C=C(c1oc2c(N(c3ccccc3)c3cc(CC)c(C)c4c3ccc3c(CC)cc(N(c5ccccc5)c5cccc6c5oc5c(C(C)C)cccc56)c(/C=C\C)c34)cccc2c1/C=C\C)C(C)C.CC. The van der Waals surface area contributed by atoms with Crippen LogP contribution in [-0.2, 0) is 12.8 Å². The molecule has 358 valence electrons. The van der Waals surface area contributed by atoms with Crippen molar-refractivity contribution in [2.75, 3.05) is 9.80 Å². The summed E-state index contributed by atoms with van der Waals surface area (Å²) in [6, 6.07) is 50.9. The molecular weight excluding hydrogens is 865 g/mol. The number of fused-ring (bicyclic) bond motifs is 7. The third-order valence-corrected chi connectivity index (χ3v) is 14.1. The fourth-order valence-electron chi connectivity index (χ4n) is 10.6. The molecule has 0 aliphatic rings. The summed E-state index contributed by atoms with van der Waals surface area (Å²) in [7, 11) is 0. The van der Waals surface area contributed by atoms with Crippen LogP contribution in [0.15, 0.2) is 167 Å².